The minimum Gasteiger partial charge on any atom is -0.309 e. The first-order valence-electron chi connectivity index (χ1n) is 3.68. The summed E-state index contributed by atoms with van der Waals surface area (Å²) in [6.45, 7) is 5.19. The Kier molecular flexibility index (Phi) is 2.38. The van der Waals surface area contributed by atoms with E-state index in [1.807, 2.05) is 19.9 Å². The molecule has 1 aromatic heterocycles. The number of rotatable bonds is 1. The lowest BCUT2D eigenvalue weighted by Crippen LogP contribution is -2.09. The normalized spacial score (nSPS) is 9.58. The van der Waals surface area contributed by atoms with Crippen LogP contribution in [0.4, 0.5) is 5.82 Å². The Morgan fingerprint density at radius 2 is 2.08 bits per heavy atom. The molecule has 0 unspecified atom stereocenters. The van der Waals surface area contributed by atoms with Crippen LogP contribution in [0.3, 0.4) is 0 Å². The van der Waals surface area contributed by atoms with Gasteiger partial charge in [-0.2, -0.15) is 5.10 Å². The maximum atomic E-state index is 10.7. The number of nitrogens with one attached hydrogen (secondary N) is 1. The molecule has 0 fully saturated rings. The molecule has 1 rings (SSSR count). The van der Waals surface area contributed by atoms with Gasteiger partial charge in [-0.1, -0.05) is 0 Å². The van der Waals surface area contributed by atoms with Gasteiger partial charge >= 0.3 is 0 Å². The number of nitrogens with zero attached hydrogens (tertiary/aromatic N) is 2. The van der Waals surface area contributed by atoms with Gasteiger partial charge in [0.1, 0.15) is 0 Å². The first kappa shape index (κ1) is 8.64. The van der Waals surface area contributed by atoms with Crippen LogP contribution in [0.2, 0.25) is 0 Å². The Bertz CT molecular complexity index is 309. The number of hydrogen-bond donors (Lipinski definition) is 1. The minimum atomic E-state index is -0.128. The van der Waals surface area contributed by atoms with Crippen molar-refractivity contribution in [2.45, 2.75) is 20.8 Å². The zero-order chi connectivity index (χ0) is 9.14. The van der Waals surface area contributed by atoms with E-state index in [0.29, 0.717) is 5.82 Å². The Hall–Kier alpha value is -1.45. The summed E-state index contributed by atoms with van der Waals surface area (Å²) in [6, 6.07) is 1.87. The van der Waals surface area contributed by atoms with Crippen LogP contribution in [0, 0.1) is 13.8 Å². The molecule has 0 aliphatic heterocycles. The Morgan fingerprint density at radius 1 is 1.42 bits per heavy atom. The van der Waals surface area contributed by atoms with Gasteiger partial charge in [-0.3, -0.25) is 4.79 Å². The summed E-state index contributed by atoms with van der Waals surface area (Å²) in [7, 11) is 0. The van der Waals surface area contributed by atoms with Crippen LogP contribution >= 0.6 is 0 Å². The lowest BCUT2D eigenvalue weighted by atomic mass is 10.3. The largest absolute Gasteiger partial charge is 0.309 e. The second-order valence-electron chi connectivity index (χ2n) is 2.70. The fourth-order valence-corrected chi connectivity index (χ4v) is 0.909. The molecule has 0 saturated carbocycles. The first-order chi connectivity index (χ1) is 5.59. The lowest BCUT2D eigenvalue weighted by Gasteiger charge is -2.03. The molecule has 1 amide bonds. The van der Waals surface area contributed by atoms with Crippen LogP contribution in [0.1, 0.15) is 18.2 Å². The third-order valence-electron chi connectivity index (χ3n) is 1.40. The van der Waals surface area contributed by atoms with Crippen LogP contribution in [0.15, 0.2) is 6.07 Å². The molecular formula is C8H11N3O. The van der Waals surface area contributed by atoms with Gasteiger partial charge in [-0.15, -0.1) is 5.10 Å². The molecular weight excluding hydrogens is 154 g/mol. The van der Waals surface area contributed by atoms with Gasteiger partial charge < -0.3 is 5.32 Å². The van der Waals surface area contributed by atoms with E-state index in [1.54, 1.807) is 0 Å². The van der Waals surface area contributed by atoms with Crippen molar-refractivity contribution in [3.8, 4) is 0 Å². The Balaban J connectivity index is 2.93. The van der Waals surface area contributed by atoms with Crippen molar-refractivity contribution in [2.24, 2.45) is 0 Å². The standard InChI is InChI=1S/C8H11N3O/c1-5-4-6(2)10-11-8(5)9-7(3)12/h4H,1-3H3,(H,9,11,12). The summed E-state index contributed by atoms with van der Waals surface area (Å²) >= 11 is 0. The van der Waals surface area contributed by atoms with Gasteiger partial charge in [0.15, 0.2) is 5.82 Å². The average molecular weight is 165 g/mol. The molecule has 0 aromatic carbocycles. The lowest BCUT2D eigenvalue weighted by molar-refractivity contribution is -0.114. The zero-order valence-electron chi connectivity index (χ0n) is 7.38. The number of amides is 1. The smallest absolute Gasteiger partial charge is 0.222 e. The van der Waals surface area contributed by atoms with E-state index in [2.05, 4.69) is 15.5 Å². The molecule has 1 N–H and O–H groups in total. The van der Waals surface area contributed by atoms with E-state index in [1.165, 1.54) is 6.92 Å². The average Bonchev–Trinajstić information content (AvgIpc) is 1.94. The summed E-state index contributed by atoms with van der Waals surface area (Å²) in [5, 5.41) is 10.3. The number of aromatic nitrogens is 2. The number of carbonyl (C=O) groups excluding carboxylic acids is 1. The van der Waals surface area contributed by atoms with Gasteiger partial charge in [-0.05, 0) is 25.5 Å². The third kappa shape index (κ3) is 2.02. The zero-order valence-corrected chi connectivity index (χ0v) is 7.38. The maximum Gasteiger partial charge on any atom is 0.222 e. The Morgan fingerprint density at radius 3 is 2.58 bits per heavy atom. The van der Waals surface area contributed by atoms with Crippen molar-refractivity contribution in [2.75, 3.05) is 5.32 Å². The molecule has 0 spiro atoms. The molecule has 0 radical (unpaired) electrons. The summed E-state index contributed by atoms with van der Waals surface area (Å²) in [4.78, 5) is 10.7. The molecule has 0 bridgehead atoms. The molecule has 12 heavy (non-hydrogen) atoms. The van der Waals surface area contributed by atoms with Crippen molar-refractivity contribution >= 4 is 11.7 Å². The van der Waals surface area contributed by atoms with Crippen molar-refractivity contribution in [1.29, 1.82) is 0 Å². The molecule has 1 aromatic rings. The van der Waals surface area contributed by atoms with E-state index in [0.717, 1.165) is 11.3 Å². The van der Waals surface area contributed by atoms with Crippen LogP contribution < -0.4 is 5.32 Å². The molecule has 4 heteroatoms. The van der Waals surface area contributed by atoms with E-state index in [4.69, 9.17) is 0 Å². The highest BCUT2D eigenvalue weighted by Crippen LogP contribution is 2.09. The Labute approximate surface area is 71.0 Å². The fraction of sp³-hybridized carbons (Fsp3) is 0.375. The van der Waals surface area contributed by atoms with Gasteiger partial charge in [0.25, 0.3) is 0 Å². The van der Waals surface area contributed by atoms with Crippen LogP contribution in [-0.4, -0.2) is 16.1 Å². The van der Waals surface area contributed by atoms with Crippen LogP contribution in [0.5, 0.6) is 0 Å². The van der Waals surface area contributed by atoms with Crippen molar-refractivity contribution in [3.63, 3.8) is 0 Å². The minimum absolute atomic E-state index is 0.128. The fourth-order valence-electron chi connectivity index (χ4n) is 0.909. The topological polar surface area (TPSA) is 54.9 Å². The third-order valence-corrected chi connectivity index (χ3v) is 1.40. The summed E-state index contributed by atoms with van der Waals surface area (Å²) in [5.41, 5.74) is 1.78. The highest BCUT2D eigenvalue weighted by atomic mass is 16.1. The monoisotopic (exact) mass is 165 g/mol. The molecule has 0 atom stereocenters. The van der Waals surface area contributed by atoms with E-state index < -0.39 is 0 Å². The summed E-state index contributed by atoms with van der Waals surface area (Å²) in [5.74, 6) is 0.407. The highest BCUT2D eigenvalue weighted by molar-refractivity contribution is 5.88. The molecule has 1 heterocycles. The van der Waals surface area contributed by atoms with Crippen molar-refractivity contribution in [3.05, 3.63) is 17.3 Å². The quantitative estimate of drug-likeness (QED) is 0.676. The SMILES string of the molecule is CC(=O)Nc1nnc(C)cc1C. The van der Waals surface area contributed by atoms with Gasteiger partial charge in [0.2, 0.25) is 5.91 Å². The number of aryl methyl sites for hydroxylation is 2. The highest BCUT2D eigenvalue weighted by Gasteiger charge is 2.01. The predicted molar refractivity (Wildman–Crippen MR) is 45.8 cm³/mol. The van der Waals surface area contributed by atoms with E-state index in [9.17, 15) is 4.79 Å². The predicted octanol–water partition coefficient (Wildman–Crippen LogP) is 1.05. The van der Waals surface area contributed by atoms with E-state index >= 15 is 0 Å². The van der Waals surface area contributed by atoms with Crippen LogP contribution in [0.25, 0.3) is 0 Å². The first-order valence-corrected chi connectivity index (χ1v) is 3.68. The number of anilines is 1. The maximum absolute atomic E-state index is 10.7. The second-order valence-corrected chi connectivity index (χ2v) is 2.70. The molecule has 0 aliphatic carbocycles. The van der Waals surface area contributed by atoms with Crippen molar-refractivity contribution < 1.29 is 4.79 Å². The van der Waals surface area contributed by atoms with Crippen molar-refractivity contribution in [1.82, 2.24) is 10.2 Å². The molecule has 0 saturated heterocycles. The molecule has 0 aliphatic rings. The van der Waals surface area contributed by atoms with Gasteiger partial charge in [-0.25, -0.2) is 0 Å². The van der Waals surface area contributed by atoms with Gasteiger partial charge in [0, 0.05) is 6.92 Å². The molecule has 64 valence electrons. The van der Waals surface area contributed by atoms with E-state index in [-0.39, 0.29) is 5.91 Å². The second kappa shape index (κ2) is 3.30. The summed E-state index contributed by atoms with van der Waals surface area (Å²) in [6.07, 6.45) is 0. The number of carbonyl (C=O) groups is 1. The number of hydrogen-bond acceptors (Lipinski definition) is 3. The summed E-state index contributed by atoms with van der Waals surface area (Å²) < 4.78 is 0. The van der Waals surface area contributed by atoms with Crippen LogP contribution in [-0.2, 0) is 4.79 Å². The molecule has 4 nitrogen and oxygen atoms in total. The van der Waals surface area contributed by atoms with Gasteiger partial charge in [0.05, 0.1) is 5.69 Å².